The molecule has 0 saturated heterocycles. The molecular formula is C11H11NO5. The summed E-state index contributed by atoms with van der Waals surface area (Å²) in [6, 6.07) is 5.29. The molecule has 1 aromatic rings. The van der Waals surface area contributed by atoms with Crippen LogP contribution >= 0.6 is 0 Å². The van der Waals surface area contributed by atoms with Crippen LogP contribution in [0.25, 0.3) is 0 Å². The van der Waals surface area contributed by atoms with Gasteiger partial charge in [0.15, 0.2) is 11.6 Å². The van der Waals surface area contributed by atoms with E-state index in [9.17, 15) is 19.7 Å². The van der Waals surface area contributed by atoms with E-state index < -0.39 is 10.7 Å². The molecule has 0 radical (unpaired) electrons. The van der Waals surface area contributed by atoms with Gasteiger partial charge in [-0.05, 0) is 0 Å². The monoisotopic (exact) mass is 237 g/mol. The van der Waals surface area contributed by atoms with E-state index in [-0.39, 0.29) is 30.1 Å². The van der Waals surface area contributed by atoms with Crippen LogP contribution in [-0.4, -0.2) is 30.2 Å². The summed E-state index contributed by atoms with van der Waals surface area (Å²) in [5.41, 5.74) is -0.0151. The summed E-state index contributed by atoms with van der Waals surface area (Å²) in [6.45, 7) is -0.138. The molecule has 0 fully saturated rings. The van der Waals surface area contributed by atoms with Gasteiger partial charge in [-0.1, -0.05) is 12.1 Å². The van der Waals surface area contributed by atoms with Crippen molar-refractivity contribution in [2.24, 2.45) is 0 Å². The predicted octanol–water partition coefficient (Wildman–Crippen LogP) is 1.38. The maximum Gasteiger partial charge on any atom is 0.270 e. The van der Waals surface area contributed by atoms with Gasteiger partial charge in [0.05, 0.1) is 11.3 Å². The van der Waals surface area contributed by atoms with E-state index in [4.69, 9.17) is 0 Å². The van der Waals surface area contributed by atoms with Crippen molar-refractivity contribution in [3.63, 3.8) is 0 Å². The fraction of sp³-hybridized carbons (Fsp3) is 0.273. The molecule has 0 atom stereocenters. The fourth-order valence-corrected chi connectivity index (χ4v) is 1.29. The number of non-ortho nitro benzene ring substituents is 1. The minimum absolute atomic E-state index is 0.138. The Hall–Kier alpha value is -2.08. The third-order valence-electron chi connectivity index (χ3n) is 2.04. The van der Waals surface area contributed by atoms with Crippen LogP contribution in [0.15, 0.2) is 24.3 Å². The number of nitro benzene ring substituents is 1. The highest BCUT2D eigenvalue weighted by molar-refractivity contribution is 6.08. The van der Waals surface area contributed by atoms with Gasteiger partial charge in [-0.25, -0.2) is 0 Å². The number of nitrogens with zero attached hydrogens (tertiary/aromatic N) is 1. The zero-order chi connectivity index (χ0) is 12.8. The van der Waals surface area contributed by atoms with Gasteiger partial charge >= 0.3 is 0 Å². The van der Waals surface area contributed by atoms with E-state index in [1.807, 2.05) is 0 Å². The molecule has 0 aliphatic carbocycles. The number of Topliss-reactive ketones (excluding diaryl/α,β-unsaturated/α-hetero) is 2. The standard InChI is InChI=1S/C11H11NO5/c1-17-7-10(13)6-11(14)8-3-2-4-9(5-8)12(15)16/h2-5H,6-7H2,1H3. The number of ether oxygens (including phenoxy) is 1. The van der Waals surface area contributed by atoms with Crippen molar-refractivity contribution >= 4 is 17.3 Å². The van der Waals surface area contributed by atoms with Crippen molar-refractivity contribution in [3.05, 3.63) is 39.9 Å². The number of carbonyl (C=O) groups is 2. The van der Waals surface area contributed by atoms with Crippen LogP contribution in [0.3, 0.4) is 0 Å². The number of nitro groups is 1. The van der Waals surface area contributed by atoms with E-state index in [2.05, 4.69) is 4.74 Å². The van der Waals surface area contributed by atoms with Crippen LogP contribution in [0, 0.1) is 10.1 Å². The van der Waals surface area contributed by atoms with Gasteiger partial charge in [0.2, 0.25) is 0 Å². The van der Waals surface area contributed by atoms with Gasteiger partial charge in [-0.3, -0.25) is 19.7 Å². The third-order valence-corrected chi connectivity index (χ3v) is 2.04. The molecule has 1 rings (SSSR count). The lowest BCUT2D eigenvalue weighted by atomic mass is 10.1. The Balaban J connectivity index is 2.79. The predicted molar refractivity (Wildman–Crippen MR) is 58.9 cm³/mol. The first-order valence-corrected chi connectivity index (χ1v) is 4.83. The molecule has 90 valence electrons. The second kappa shape index (κ2) is 5.86. The Morgan fingerprint density at radius 1 is 1.41 bits per heavy atom. The Labute approximate surface area is 97.3 Å². The molecule has 0 aliphatic rings. The van der Waals surface area contributed by atoms with E-state index in [1.165, 1.54) is 25.3 Å². The summed E-state index contributed by atoms with van der Waals surface area (Å²) >= 11 is 0. The molecule has 0 saturated carbocycles. The second-order valence-electron chi connectivity index (χ2n) is 3.38. The fourth-order valence-electron chi connectivity index (χ4n) is 1.29. The minimum Gasteiger partial charge on any atom is -0.377 e. The molecule has 0 N–H and O–H groups in total. The maximum absolute atomic E-state index is 11.6. The van der Waals surface area contributed by atoms with Crippen LogP contribution in [0.2, 0.25) is 0 Å². The average molecular weight is 237 g/mol. The molecule has 1 aromatic carbocycles. The molecule has 0 amide bonds. The van der Waals surface area contributed by atoms with Crippen molar-refractivity contribution in [2.45, 2.75) is 6.42 Å². The summed E-state index contributed by atoms with van der Waals surface area (Å²) in [7, 11) is 1.36. The summed E-state index contributed by atoms with van der Waals surface area (Å²) in [5.74, 6) is -0.806. The topological polar surface area (TPSA) is 86.5 Å². The van der Waals surface area contributed by atoms with Crippen LogP contribution in [0.1, 0.15) is 16.8 Å². The molecule has 6 heteroatoms. The van der Waals surface area contributed by atoms with Crippen molar-refractivity contribution in [3.8, 4) is 0 Å². The number of hydrogen-bond donors (Lipinski definition) is 0. The van der Waals surface area contributed by atoms with E-state index in [0.717, 1.165) is 6.07 Å². The van der Waals surface area contributed by atoms with Crippen LogP contribution in [-0.2, 0) is 9.53 Å². The van der Waals surface area contributed by atoms with Gasteiger partial charge in [-0.2, -0.15) is 0 Å². The summed E-state index contributed by atoms with van der Waals surface area (Å²) in [6.07, 6.45) is -0.311. The zero-order valence-electron chi connectivity index (χ0n) is 9.21. The average Bonchev–Trinajstić information content (AvgIpc) is 2.29. The van der Waals surface area contributed by atoms with E-state index >= 15 is 0 Å². The zero-order valence-corrected chi connectivity index (χ0v) is 9.21. The quantitative estimate of drug-likeness (QED) is 0.323. The smallest absolute Gasteiger partial charge is 0.270 e. The molecule has 17 heavy (non-hydrogen) atoms. The Bertz CT molecular complexity index is 455. The Morgan fingerprint density at radius 2 is 2.12 bits per heavy atom. The molecule has 0 heterocycles. The number of rotatable bonds is 6. The highest BCUT2D eigenvalue weighted by Gasteiger charge is 2.14. The highest BCUT2D eigenvalue weighted by atomic mass is 16.6. The molecule has 0 unspecified atom stereocenters. The van der Waals surface area contributed by atoms with E-state index in [1.54, 1.807) is 0 Å². The van der Waals surface area contributed by atoms with Crippen LogP contribution in [0.5, 0.6) is 0 Å². The lowest BCUT2D eigenvalue weighted by Crippen LogP contribution is -2.13. The van der Waals surface area contributed by atoms with Crippen molar-refractivity contribution in [1.29, 1.82) is 0 Å². The number of ketones is 2. The lowest BCUT2D eigenvalue weighted by molar-refractivity contribution is -0.384. The lowest BCUT2D eigenvalue weighted by Gasteiger charge is -2.00. The molecule has 0 aliphatic heterocycles. The molecule has 0 bridgehead atoms. The van der Waals surface area contributed by atoms with Crippen LogP contribution in [0.4, 0.5) is 5.69 Å². The Morgan fingerprint density at radius 3 is 2.71 bits per heavy atom. The first-order chi connectivity index (χ1) is 8.04. The van der Waals surface area contributed by atoms with Gasteiger partial charge in [-0.15, -0.1) is 0 Å². The third kappa shape index (κ3) is 3.76. The highest BCUT2D eigenvalue weighted by Crippen LogP contribution is 2.14. The SMILES string of the molecule is COCC(=O)CC(=O)c1cccc([N+](=O)[O-])c1. The largest absolute Gasteiger partial charge is 0.377 e. The summed E-state index contributed by atoms with van der Waals surface area (Å²) < 4.78 is 4.59. The number of carbonyl (C=O) groups excluding carboxylic acids is 2. The summed E-state index contributed by atoms with van der Waals surface area (Å²) in [4.78, 5) is 32.7. The van der Waals surface area contributed by atoms with Gasteiger partial charge in [0, 0.05) is 24.8 Å². The first-order valence-electron chi connectivity index (χ1n) is 4.83. The van der Waals surface area contributed by atoms with Crippen molar-refractivity contribution in [2.75, 3.05) is 13.7 Å². The Kier molecular flexibility index (Phi) is 4.47. The molecule has 0 spiro atoms. The van der Waals surface area contributed by atoms with Gasteiger partial charge < -0.3 is 4.74 Å². The normalized spacial score (nSPS) is 9.94. The van der Waals surface area contributed by atoms with E-state index in [0.29, 0.717) is 0 Å². The number of benzene rings is 1. The molecule has 0 aromatic heterocycles. The molecule has 6 nitrogen and oxygen atoms in total. The maximum atomic E-state index is 11.6. The first kappa shape index (κ1) is 13.0. The van der Waals surface area contributed by atoms with Crippen LogP contribution < -0.4 is 0 Å². The minimum atomic E-state index is -0.590. The number of hydrogen-bond acceptors (Lipinski definition) is 5. The second-order valence-corrected chi connectivity index (χ2v) is 3.38. The summed E-state index contributed by atoms with van der Waals surface area (Å²) in [5, 5.41) is 10.5. The van der Waals surface area contributed by atoms with Crippen molar-refractivity contribution < 1.29 is 19.2 Å². The number of methoxy groups -OCH3 is 1. The van der Waals surface area contributed by atoms with Crippen molar-refractivity contribution in [1.82, 2.24) is 0 Å². The van der Waals surface area contributed by atoms with Gasteiger partial charge in [0.25, 0.3) is 5.69 Å². The molecular weight excluding hydrogens is 226 g/mol. The van der Waals surface area contributed by atoms with Gasteiger partial charge in [0.1, 0.15) is 6.61 Å².